The first kappa shape index (κ1) is 17.0. The molecule has 8 heteroatoms. The molecule has 0 bridgehead atoms. The van der Waals surface area contributed by atoms with Crippen molar-refractivity contribution in [3.63, 3.8) is 0 Å². The summed E-state index contributed by atoms with van der Waals surface area (Å²) in [6, 6.07) is 4.25. The van der Waals surface area contributed by atoms with Crippen molar-refractivity contribution in [1.29, 1.82) is 0 Å². The zero-order valence-corrected chi connectivity index (χ0v) is 14.1. The third-order valence-corrected chi connectivity index (χ3v) is 5.45. The van der Waals surface area contributed by atoms with Gasteiger partial charge >= 0.3 is 0 Å². The van der Waals surface area contributed by atoms with E-state index in [0.29, 0.717) is 24.7 Å². The molecule has 0 aromatic heterocycles. The van der Waals surface area contributed by atoms with E-state index in [1.807, 2.05) is 4.72 Å². The average Bonchev–Trinajstić information content (AvgIpc) is 2.60. The lowest BCUT2D eigenvalue weighted by atomic mass is 9.98. The van der Waals surface area contributed by atoms with E-state index in [1.54, 1.807) is 0 Å². The first-order chi connectivity index (χ1) is 11.5. The standard InChI is InChI=1S/C16H21NO6S/c18-16(11-23-12-4-2-1-3-5-12)17-24(19,20)13-6-7-14-15(10-13)22-9-8-21-14/h6-7,10,12H,1-5,8-9,11H2,(H,17,18). The van der Waals surface area contributed by atoms with Gasteiger partial charge in [-0.25, -0.2) is 13.1 Å². The van der Waals surface area contributed by atoms with Gasteiger partial charge in [-0.2, -0.15) is 0 Å². The van der Waals surface area contributed by atoms with E-state index in [0.717, 1.165) is 25.7 Å². The lowest BCUT2D eigenvalue weighted by molar-refractivity contribution is -0.126. The Kier molecular flexibility index (Phi) is 5.25. The summed E-state index contributed by atoms with van der Waals surface area (Å²) in [5.41, 5.74) is 0. The molecule has 1 aromatic rings. The van der Waals surface area contributed by atoms with Crippen LogP contribution in [0.4, 0.5) is 0 Å². The summed E-state index contributed by atoms with van der Waals surface area (Å²) in [6.07, 6.45) is 5.24. The van der Waals surface area contributed by atoms with Crippen LogP contribution in [0.25, 0.3) is 0 Å². The van der Waals surface area contributed by atoms with Crippen LogP contribution < -0.4 is 14.2 Å². The molecule has 0 radical (unpaired) electrons. The molecule has 0 saturated heterocycles. The predicted molar refractivity (Wildman–Crippen MR) is 85.6 cm³/mol. The van der Waals surface area contributed by atoms with Crippen LogP contribution in [-0.2, 0) is 19.6 Å². The monoisotopic (exact) mass is 355 g/mol. The molecule has 0 spiro atoms. The largest absolute Gasteiger partial charge is 0.486 e. The minimum atomic E-state index is -3.96. The van der Waals surface area contributed by atoms with E-state index in [-0.39, 0.29) is 17.6 Å². The molecule has 1 aliphatic heterocycles. The van der Waals surface area contributed by atoms with Crippen molar-refractivity contribution in [1.82, 2.24) is 4.72 Å². The zero-order valence-electron chi connectivity index (χ0n) is 13.3. The van der Waals surface area contributed by atoms with E-state index < -0.39 is 15.9 Å². The maximum absolute atomic E-state index is 12.3. The zero-order chi connectivity index (χ0) is 17.0. The van der Waals surface area contributed by atoms with Gasteiger partial charge in [-0.15, -0.1) is 0 Å². The van der Waals surface area contributed by atoms with Gasteiger partial charge in [0.25, 0.3) is 15.9 Å². The Bertz CT molecular complexity index is 697. The lowest BCUT2D eigenvalue weighted by Gasteiger charge is -2.21. The molecule has 3 rings (SSSR count). The Morgan fingerprint density at radius 3 is 2.58 bits per heavy atom. The smallest absolute Gasteiger partial charge is 0.264 e. The number of fused-ring (bicyclic) bond motifs is 1. The minimum Gasteiger partial charge on any atom is -0.486 e. The number of rotatable bonds is 5. The molecular formula is C16H21NO6S. The highest BCUT2D eigenvalue weighted by Gasteiger charge is 2.22. The van der Waals surface area contributed by atoms with Gasteiger partial charge in [-0.1, -0.05) is 19.3 Å². The Morgan fingerprint density at radius 1 is 1.12 bits per heavy atom. The number of nitrogens with one attached hydrogen (secondary N) is 1. The second kappa shape index (κ2) is 7.40. The molecule has 1 amide bonds. The van der Waals surface area contributed by atoms with E-state index in [1.165, 1.54) is 24.6 Å². The van der Waals surface area contributed by atoms with Gasteiger partial charge in [0.1, 0.15) is 19.8 Å². The van der Waals surface area contributed by atoms with Crippen LogP contribution in [0.3, 0.4) is 0 Å². The molecule has 1 aliphatic carbocycles. The third kappa shape index (κ3) is 4.18. The number of carbonyl (C=O) groups excluding carboxylic acids is 1. The van der Waals surface area contributed by atoms with Crippen molar-refractivity contribution in [2.75, 3.05) is 19.8 Å². The van der Waals surface area contributed by atoms with Crippen molar-refractivity contribution in [2.24, 2.45) is 0 Å². The Morgan fingerprint density at radius 2 is 1.83 bits per heavy atom. The summed E-state index contributed by atoms with van der Waals surface area (Å²) in [5, 5.41) is 0. The van der Waals surface area contributed by atoms with Gasteiger partial charge < -0.3 is 14.2 Å². The first-order valence-electron chi connectivity index (χ1n) is 8.11. The summed E-state index contributed by atoms with van der Waals surface area (Å²) in [7, 11) is -3.96. The van der Waals surface area contributed by atoms with Crippen LogP contribution in [0.5, 0.6) is 11.5 Å². The first-order valence-corrected chi connectivity index (χ1v) is 9.60. The van der Waals surface area contributed by atoms with Crippen LogP contribution >= 0.6 is 0 Å². The fourth-order valence-corrected chi connectivity index (χ4v) is 3.84. The maximum atomic E-state index is 12.3. The molecule has 7 nitrogen and oxygen atoms in total. The van der Waals surface area contributed by atoms with Crippen LogP contribution in [0.1, 0.15) is 32.1 Å². The SMILES string of the molecule is O=C(COC1CCCCC1)NS(=O)(=O)c1ccc2c(c1)OCCO2. The molecule has 1 heterocycles. The molecule has 1 N–H and O–H groups in total. The van der Waals surface area contributed by atoms with Crippen molar-refractivity contribution in [3.8, 4) is 11.5 Å². The van der Waals surface area contributed by atoms with Crippen LogP contribution in [0, 0.1) is 0 Å². The van der Waals surface area contributed by atoms with Crippen molar-refractivity contribution in [3.05, 3.63) is 18.2 Å². The quantitative estimate of drug-likeness (QED) is 0.863. The highest BCUT2D eigenvalue weighted by atomic mass is 32.2. The highest BCUT2D eigenvalue weighted by Crippen LogP contribution is 2.32. The van der Waals surface area contributed by atoms with Crippen LogP contribution in [-0.4, -0.2) is 40.2 Å². The molecule has 2 aliphatic rings. The fraction of sp³-hybridized carbons (Fsp3) is 0.562. The number of amides is 1. The van der Waals surface area contributed by atoms with Crippen LogP contribution in [0.2, 0.25) is 0 Å². The van der Waals surface area contributed by atoms with Crippen LogP contribution in [0.15, 0.2) is 23.1 Å². The topological polar surface area (TPSA) is 90.9 Å². The van der Waals surface area contributed by atoms with E-state index in [2.05, 4.69) is 0 Å². The van der Waals surface area contributed by atoms with Gasteiger partial charge in [-0.3, -0.25) is 4.79 Å². The minimum absolute atomic E-state index is 0.0431. The normalized spacial score (nSPS) is 18.2. The number of sulfonamides is 1. The number of hydrogen-bond acceptors (Lipinski definition) is 6. The summed E-state index contributed by atoms with van der Waals surface area (Å²) < 4.78 is 42.8. The molecule has 132 valence electrons. The van der Waals surface area contributed by atoms with Gasteiger partial charge in [-0.05, 0) is 25.0 Å². The Hall–Kier alpha value is -1.80. The summed E-state index contributed by atoms with van der Waals surface area (Å²) >= 11 is 0. The van der Waals surface area contributed by atoms with Crippen molar-refractivity contribution >= 4 is 15.9 Å². The second-order valence-corrected chi connectivity index (χ2v) is 7.59. The molecule has 0 atom stereocenters. The highest BCUT2D eigenvalue weighted by molar-refractivity contribution is 7.90. The van der Waals surface area contributed by atoms with Crippen molar-refractivity contribution in [2.45, 2.75) is 43.1 Å². The number of hydrogen-bond donors (Lipinski definition) is 1. The van der Waals surface area contributed by atoms with Gasteiger partial charge in [0, 0.05) is 6.07 Å². The molecule has 0 unspecified atom stereocenters. The summed E-state index contributed by atoms with van der Waals surface area (Å²) in [4.78, 5) is 11.8. The van der Waals surface area contributed by atoms with E-state index >= 15 is 0 Å². The molecule has 1 saturated carbocycles. The van der Waals surface area contributed by atoms with E-state index in [4.69, 9.17) is 14.2 Å². The summed E-state index contributed by atoms with van der Waals surface area (Å²) in [5.74, 6) is 0.178. The Labute approximate surface area is 141 Å². The lowest BCUT2D eigenvalue weighted by Crippen LogP contribution is -2.35. The van der Waals surface area contributed by atoms with Gasteiger partial charge in [0.15, 0.2) is 11.5 Å². The van der Waals surface area contributed by atoms with E-state index in [9.17, 15) is 13.2 Å². The molecule has 24 heavy (non-hydrogen) atoms. The average molecular weight is 355 g/mol. The van der Waals surface area contributed by atoms with Gasteiger partial charge in [0.2, 0.25) is 0 Å². The second-order valence-electron chi connectivity index (χ2n) is 5.91. The van der Waals surface area contributed by atoms with Crippen molar-refractivity contribution < 1.29 is 27.4 Å². The molecule has 1 aromatic carbocycles. The number of benzene rings is 1. The third-order valence-electron chi connectivity index (χ3n) is 4.07. The summed E-state index contributed by atoms with van der Waals surface area (Å²) in [6.45, 7) is 0.529. The van der Waals surface area contributed by atoms with Gasteiger partial charge in [0.05, 0.1) is 11.0 Å². The number of ether oxygens (including phenoxy) is 3. The fourth-order valence-electron chi connectivity index (χ4n) is 2.85. The number of carbonyl (C=O) groups is 1. The molecule has 1 fully saturated rings. The predicted octanol–water partition coefficient (Wildman–Crippen LogP) is 1.61. The Balaban J connectivity index is 1.59. The molecular weight excluding hydrogens is 334 g/mol. The maximum Gasteiger partial charge on any atom is 0.264 e.